The molecule has 2 aromatic carbocycles. The Morgan fingerprint density at radius 3 is 2.49 bits per heavy atom. The van der Waals surface area contributed by atoms with Crippen LogP contribution >= 0.6 is 10.6 Å². The first-order valence-corrected chi connectivity index (χ1v) is 14.4. The Bertz CT molecular complexity index is 1430. The van der Waals surface area contributed by atoms with E-state index in [-0.39, 0.29) is 16.8 Å². The number of halogens is 4. The molecule has 0 spiro atoms. The van der Waals surface area contributed by atoms with Crippen LogP contribution in [0.5, 0.6) is 0 Å². The molecule has 0 bridgehead atoms. The summed E-state index contributed by atoms with van der Waals surface area (Å²) in [7, 11) is -3.66. The Kier molecular flexibility index (Phi) is 8.10. The summed E-state index contributed by atoms with van der Waals surface area (Å²) in [6.45, 7) is 2.68. The van der Waals surface area contributed by atoms with Gasteiger partial charge in [0.15, 0.2) is 17.5 Å². The van der Waals surface area contributed by atoms with Gasteiger partial charge in [0.2, 0.25) is 0 Å². The highest BCUT2D eigenvalue weighted by molar-refractivity contribution is 8.25. The van der Waals surface area contributed by atoms with Crippen LogP contribution in [0.25, 0.3) is 11.4 Å². The predicted octanol–water partition coefficient (Wildman–Crippen LogP) is 5.83. The number of anilines is 2. The molecule has 0 radical (unpaired) electrons. The molecule has 1 aliphatic heterocycles. The molecule has 5 rings (SSSR count). The maximum Gasteiger partial charge on any atom is 0.319 e. The molecule has 1 saturated carbocycles. The van der Waals surface area contributed by atoms with E-state index in [9.17, 15) is 31.5 Å². The zero-order chi connectivity index (χ0) is 29.4. The van der Waals surface area contributed by atoms with E-state index in [2.05, 4.69) is 10.6 Å². The van der Waals surface area contributed by atoms with Gasteiger partial charge >= 0.3 is 6.03 Å². The number of nitrogens with one attached hydrogen (secondary N) is 2. The molecule has 3 aromatic rings. The molecule has 1 aliphatic carbocycles. The Balaban J connectivity index is 1.51. The van der Waals surface area contributed by atoms with Gasteiger partial charge in [-0.05, 0) is 62.2 Å². The van der Waals surface area contributed by atoms with Crippen molar-refractivity contribution in [3.8, 4) is 11.4 Å². The maximum atomic E-state index is 14.1. The minimum atomic E-state index is -3.66. The number of morpholine rings is 1. The SMILES string of the molecule is C[C@H]1COCCN1c1cc(C2(S(O)(O)c3ccc(F)c(F)c3)CC2)nc(-c2ccc(NC(=O)NCC(F)F)cc2)n1. The van der Waals surface area contributed by atoms with Gasteiger partial charge in [0.05, 0.1) is 36.4 Å². The van der Waals surface area contributed by atoms with Crippen LogP contribution in [0.1, 0.15) is 25.5 Å². The second kappa shape index (κ2) is 11.4. The molecule has 2 fully saturated rings. The standard InChI is InChI=1S/C27H29F4N5O4S/c1-16-15-40-11-10-36(16)24-13-22(27(8-9-27)41(38,39)19-6-7-20(28)21(29)12-19)34-25(35-24)17-2-4-18(5-3-17)33-26(37)32-14-23(30)31/h2-7,12-13,16,23,38-39H,8-11,14-15H2,1H3,(H2,32,33,37)/t16-/m0/s1. The van der Waals surface area contributed by atoms with Gasteiger partial charge in [-0.1, -0.05) is 0 Å². The van der Waals surface area contributed by atoms with Crippen molar-refractivity contribution >= 4 is 28.1 Å². The number of alkyl halides is 2. The van der Waals surface area contributed by atoms with Crippen molar-refractivity contribution in [2.45, 2.75) is 41.9 Å². The number of urea groups is 1. The van der Waals surface area contributed by atoms with E-state index in [1.54, 1.807) is 30.3 Å². The first-order valence-electron chi connectivity index (χ1n) is 12.9. The molecule has 4 N–H and O–H groups in total. The predicted molar refractivity (Wildman–Crippen MR) is 147 cm³/mol. The summed E-state index contributed by atoms with van der Waals surface area (Å²) in [6.07, 6.45) is -1.95. The average Bonchev–Trinajstić information content (AvgIpc) is 3.77. The van der Waals surface area contributed by atoms with Crippen molar-refractivity contribution in [1.82, 2.24) is 15.3 Å². The van der Waals surface area contributed by atoms with Gasteiger partial charge in [-0.2, -0.15) is 10.6 Å². The zero-order valence-electron chi connectivity index (χ0n) is 22.0. The number of ether oxygens (including phenoxy) is 1. The molecule has 41 heavy (non-hydrogen) atoms. The first kappa shape index (κ1) is 29.0. The lowest BCUT2D eigenvalue weighted by atomic mass is 10.1. The van der Waals surface area contributed by atoms with Gasteiger partial charge in [-0.15, -0.1) is 0 Å². The number of rotatable bonds is 8. The van der Waals surface area contributed by atoms with Gasteiger partial charge in [-0.25, -0.2) is 32.3 Å². The van der Waals surface area contributed by atoms with E-state index in [4.69, 9.17) is 14.7 Å². The summed E-state index contributed by atoms with van der Waals surface area (Å²) in [5.74, 6) is -1.45. The fourth-order valence-electron chi connectivity index (χ4n) is 4.74. The minimum Gasteiger partial charge on any atom is -0.377 e. The fourth-order valence-corrected chi connectivity index (χ4v) is 6.78. The number of nitrogens with zero attached hydrogens (tertiary/aromatic N) is 3. The highest BCUT2D eigenvalue weighted by Gasteiger charge is 2.57. The highest BCUT2D eigenvalue weighted by Crippen LogP contribution is 2.75. The van der Waals surface area contributed by atoms with Gasteiger partial charge in [0.1, 0.15) is 10.6 Å². The van der Waals surface area contributed by atoms with Crippen LogP contribution in [0.4, 0.5) is 33.9 Å². The van der Waals surface area contributed by atoms with Crippen molar-refractivity contribution in [3.63, 3.8) is 0 Å². The van der Waals surface area contributed by atoms with Crippen molar-refractivity contribution < 1.29 is 36.2 Å². The molecule has 14 heteroatoms. The number of benzene rings is 2. The third-order valence-corrected chi connectivity index (χ3v) is 9.75. The van der Waals surface area contributed by atoms with Crippen molar-refractivity contribution in [2.75, 3.05) is 36.5 Å². The number of carbonyl (C=O) groups is 1. The number of hydrogen-bond donors (Lipinski definition) is 4. The average molecular weight is 596 g/mol. The van der Waals surface area contributed by atoms with E-state index < -0.39 is 46.0 Å². The van der Waals surface area contributed by atoms with Crippen LogP contribution in [0, 0.1) is 11.6 Å². The lowest BCUT2D eigenvalue weighted by Gasteiger charge is -2.41. The van der Waals surface area contributed by atoms with E-state index >= 15 is 0 Å². The Morgan fingerprint density at radius 1 is 1.12 bits per heavy atom. The molecular formula is C27H29F4N5O4S. The third kappa shape index (κ3) is 5.96. The molecule has 1 aromatic heterocycles. The summed E-state index contributed by atoms with van der Waals surface area (Å²) in [5, 5.41) is 4.53. The van der Waals surface area contributed by atoms with Crippen LogP contribution in [-0.2, 0) is 9.48 Å². The second-order valence-electron chi connectivity index (χ2n) is 9.97. The molecule has 9 nitrogen and oxygen atoms in total. The van der Waals surface area contributed by atoms with Crippen molar-refractivity contribution in [1.29, 1.82) is 0 Å². The Morgan fingerprint density at radius 2 is 1.85 bits per heavy atom. The van der Waals surface area contributed by atoms with Crippen LogP contribution in [-0.4, -0.2) is 63.9 Å². The van der Waals surface area contributed by atoms with Crippen molar-refractivity contribution in [2.24, 2.45) is 0 Å². The molecule has 1 atom stereocenters. The Labute approximate surface area is 235 Å². The number of aromatic nitrogens is 2. The summed E-state index contributed by atoms with van der Waals surface area (Å²) in [6, 6.07) is 10.1. The molecular weight excluding hydrogens is 566 g/mol. The minimum absolute atomic E-state index is 0.0283. The van der Waals surface area contributed by atoms with Gasteiger partial charge in [0, 0.05) is 23.9 Å². The van der Waals surface area contributed by atoms with Crippen molar-refractivity contribution in [3.05, 3.63) is 65.9 Å². The highest BCUT2D eigenvalue weighted by atomic mass is 32.3. The van der Waals surface area contributed by atoms with Gasteiger partial charge < -0.3 is 20.3 Å². The summed E-state index contributed by atoms with van der Waals surface area (Å²) in [5.41, 5.74) is 1.26. The second-order valence-corrected chi connectivity index (χ2v) is 12.3. The lowest BCUT2D eigenvalue weighted by molar-refractivity contribution is 0.0985. The first-order chi connectivity index (χ1) is 19.5. The van der Waals surface area contributed by atoms with Crippen LogP contribution < -0.4 is 15.5 Å². The van der Waals surface area contributed by atoms with E-state index in [1.807, 2.05) is 11.8 Å². The number of amides is 2. The normalized spacial score (nSPS) is 18.7. The Hall–Kier alpha value is -3.46. The summed E-state index contributed by atoms with van der Waals surface area (Å²) >= 11 is 0. The maximum absolute atomic E-state index is 14.1. The topological polar surface area (TPSA) is 120 Å². The molecule has 0 unspecified atom stereocenters. The third-order valence-electron chi connectivity index (χ3n) is 7.13. The van der Waals surface area contributed by atoms with Crippen LogP contribution in [0.2, 0.25) is 0 Å². The quantitative estimate of drug-likeness (QED) is 0.242. The van der Waals surface area contributed by atoms with Crippen LogP contribution in [0.15, 0.2) is 53.4 Å². The molecule has 2 amide bonds. The van der Waals surface area contributed by atoms with Gasteiger partial charge in [-0.3, -0.25) is 9.11 Å². The smallest absolute Gasteiger partial charge is 0.319 e. The summed E-state index contributed by atoms with van der Waals surface area (Å²) in [4.78, 5) is 23.2. The monoisotopic (exact) mass is 595 g/mol. The molecule has 220 valence electrons. The number of hydrogen-bond acceptors (Lipinski definition) is 7. The molecule has 2 aliphatic rings. The van der Waals surface area contributed by atoms with Gasteiger partial charge in [0.25, 0.3) is 6.43 Å². The number of carbonyl (C=O) groups excluding carboxylic acids is 1. The molecule has 2 heterocycles. The van der Waals surface area contributed by atoms with E-state index in [0.717, 1.165) is 12.1 Å². The zero-order valence-corrected chi connectivity index (χ0v) is 22.8. The fraction of sp³-hybridized carbons (Fsp3) is 0.370. The molecule has 1 saturated heterocycles. The van der Waals surface area contributed by atoms with E-state index in [0.29, 0.717) is 55.4 Å². The van der Waals surface area contributed by atoms with Crippen LogP contribution in [0.3, 0.4) is 0 Å². The summed E-state index contributed by atoms with van der Waals surface area (Å²) < 4.78 is 79.6. The largest absolute Gasteiger partial charge is 0.377 e. The lowest BCUT2D eigenvalue weighted by Crippen LogP contribution is -2.44. The van der Waals surface area contributed by atoms with E-state index in [1.165, 1.54) is 6.07 Å².